The lowest BCUT2D eigenvalue weighted by molar-refractivity contribution is 0.580. The van der Waals surface area contributed by atoms with Gasteiger partial charge in [0.1, 0.15) is 5.82 Å². The Morgan fingerprint density at radius 1 is 1.07 bits per heavy atom. The number of anilines is 1. The second-order valence-electron chi connectivity index (χ2n) is 7.92. The summed E-state index contributed by atoms with van der Waals surface area (Å²) in [6, 6.07) is 10.4. The molecule has 152 valence electrons. The Bertz CT molecular complexity index is 1170. The number of aliphatic imine (C=N–C) groups is 1. The van der Waals surface area contributed by atoms with Crippen molar-refractivity contribution in [2.24, 2.45) is 10.9 Å². The maximum atomic E-state index is 14.4. The molecule has 0 unspecified atom stereocenters. The second kappa shape index (κ2) is 8.15. The summed E-state index contributed by atoms with van der Waals surface area (Å²) in [4.78, 5) is 13.9. The van der Waals surface area contributed by atoms with Crippen LogP contribution in [0.4, 0.5) is 10.1 Å². The van der Waals surface area contributed by atoms with Crippen molar-refractivity contribution in [1.82, 2.24) is 9.97 Å². The van der Waals surface area contributed by atoms with Gasteiger partial charge in [0.25, 0.3) is 0 Å². The minimum atomic E-state index is -0.341. The van der Waals surface area contributed by atoms with Gasteiger partial charge in [-0.3, -0.25) is 9.98 Å². The highest BCUT2D eigenvalue weighted by Gasteiger charge is 2.21. The van der Waals surface area contributed by atoms with Gasteiger partial charge >= 0.3 is 0 Å². The van der Waals surface area contributed by atoms with Crippen LogP contribution in [0.3, 0.4) is 0 Å². The minimum absolute atomic E-state index is 0.341. The second-order valence-corrected chi connectivity index (χ2v) is 8.36. The zero-order valence-electron chi connectivity index (χ0n) is 16.5. The topological polar surface area (TPSA) is 50.2 Å². The van der Waals surface area contributed by atoms with E-state index >= 15 is 0 Å². The van der Waals surface area contributed by atoms with Gasteiger partial charge in [-0.15, -0.1) is 0 Å². The van der Waals surface area contributed by atoms with Crippen molar-refractivity contribution in [2.75, 3.05) is 18.4 Å². The summed E-state index contributed by atoms with van der Waals surface area (Å²) in [5, 5.41) is 3.99. The number of hydrogen-bond donors (Lipinski definition) is 1. The van der Waals surface area contributed by atoms with Crippen LogP contribution in [-0.2, 0) is 0 Å². The Morgan fingerprint density at radius 3 is 2.80 bits per heavy atom. The van der Waals surface area contributed by atoms with E-state index in [1.807, 2.05) is 30.5 Å². The molecule has 6 heteroatoms. The molecule has 3 aromatic rings. The van der Waals surface area contributed by atoms with E-state index in [1.54, 1.807) is 12.1 Å². The van der Waals surface area contributed by atoms with Gasteiger partial charge in [-0.05, 0) is 55.2 Å². The smallest absolute Gasteiger partial charge is 0.132 e. The number of fused-ring (bicyclic) bond motifs is 1. The fraction of sp³-hybridized carbons (Fsp3) is 0.292. The molecule has 3 heterocycles. The molecule has 1 saturated carbocycles. The molecule has 1 N–H and O–H groups in total. The highest BCUT2D eigenvalue weighted by molar-refractivity contribution is 6.35. The van der Waals surface area contributed by atoms with E-state index in [0.717, 1.165) is 40.5 Å². The summed E-state index contributed by atoms with van der Waals surface area (Å²) in [5.41, 5.74) is 5.19. The largest absolute Gasteiger partial charge is 0.383 e. The van der Waals surface area contributed by atoms with Crippen LogP contribution >= 0.6 is 11.6 Å². The number of allylic oxidation sites excluding steroid dienone is 1. The molecular weight excluding hydrogens is 399 g/mol. The molecule has 0 bridgehead atoms. The molecule has 0 radical (unpaired) electrons. The first kappa shape index (κ1) is 19.2. The first-order valence-corrected chi connectivity index (χ1v) is 10.8. The van der Waals surface area contributed by atoms with E-state index < -0.39 is 0 Å². The fourth-order valence-electron chi connectivity index (χ4n) is 4.28. The van der Waals surface area contributed by atoms with Crippen molar-refractivity contribution < 1.29 is 4.39 Å². The number of halogens is 2. The van der Waals surface area contributed by atoms with Crippen LogP contribution < -0.4 is 5.32 Å². The van der Waals surface area contributed by atoms with Crippen molar-refractivity contribution in [3.8, 4) is 0 Å². The molecule has 1 aliphatic heterocycles. The number of rotatable bonds is 5. The summed E-state index contributed by atoms with van der Waals surface area (Å²) >= 11 is 6.09. The first-order chi connectivity index (χ1) is 14.7. The van der Waals surface area contributed by atoms with Crippen LogP contribution in [-0.4, -0.2) is 28.8 Å². The standard InChI is InChI=1S/C24H22ClFN4/c25-16-5-6-20(26)19(11-16)24-18(9-10-27-24)21-7-8-22-23(30-21)12-17(14-29-22)28-13-15-3-1-2-4-15/h5-9,11-12,14-15,28H,1-4,10,13H2. The predicted octanol–water partition coefficient (Wildman–Crippen LogP) is 5.91. The molecule has 0 spiro atoms. The van der Waals surface area contributed by atoms with E-state index in [2.05, 4.69) is 15.3 Å². The van der Waals surface area contributed by atoms with Crippen LogP contribution in [0.2, 0.25) is 5.02 Å². The molecule has 4 nitrogen and oxygen atoms in total. The van der Waals surface area contributed by atoms with Gasteiger partial charge in [-0.25, -0.2) is 9.37 Å². The molecule has 0 atom stereocenters. The molecular formula is C24H22ClFN4. The monoisotopic (exact) mass is 420 g/mol. The number of nitrogens with one attached hydrogen (secondary N) is 1. The summed E-state index contributed by atoms with van der Waals surface area (Å²) < 4.78 is 14.4. The maximum absolute atomic E-state index is 14.4. The average molecular weight is 421 g/mol. The quantitative estimate of drug-likeness (QED) is 0.558. The van der Waals surface area contributed by atoms with Crippen LogP contribution in [0.1, 0.15) is 36.9 Å². The molecule has 2 aliphatic rings. The van der Waals surface area contributed by atoms with Crippen molar-refractivity contribution in [3.05, 3.63) is 70.8 Å². The highest BCUT2D eigenvalue weighted by Crippen LogP contribution is 2.29. The van der Waals surface area contributed by atoms with Crippen LogP contribution in [0.25, 0.3) is 16.6 Å². The Hall–Kier alpha value is -2.79. The third kappa shape index (κ3) is 3.82. The SMILES string of the molecule is Fc1ccc(Cl)cc1C1=NCC=C1c1ccc2ncc(NCC3CCCC3)cc2n1. The van der Waals surface area contributed by atoms with Crippen molar-refractivity contribution in [1.29, 1.82) is 0 Å². The van der Waals surface area contributed by atoms with Gasteiger partial charge in [0.05, 0.1) is 40.9 Å². The highest BCUT2D eigenvalue weighted by atomic mass is 35.5. The first-order valence-electron chi connectivity index (χ1n) is 10.4. The van der Waals surface area contributed by atoms with Crippen LogP contribution in [0.15, 0.2) is 53.7 Å². The van der Waals surface area contributed by atoms with Gasteiger partial charge in [0.2, 0.25) is 0 Å². The zero-order chi connectivity index (χ0) is 20.5. The third-order valence-electron chi connectivity index (χ3n) is 5.87. The molecule has 1 aliphatic carbocycles. The van der Waals surface area contributed by atoms with E-state index in [-0.39, 0.29) is 5.82 Å². The molecule has 1 aromatic carbocycles. The zero-order valence-corrected chi connectivity index (χ0v) is 17.3. The lowest BCUT2D eigenvalue weighted by Gasteiger charge is -2.12. The minimum Gasteiger partial charge on any atom is -0.383 e. The molecule has 0 saturated heterocycles. The van der Waals surface area contributed by atoms with Gasteiger partial charge < -0.3 is 5.32 Å². The number of nitrogens with zero attached hydrogens (tertiary/aromatic N) is 3. The average Bonchev–Trinajstić information content (AvgIpc) is 3.45. The number of pyridine rings is 2. The van der Waals surface area contributed by atoms with Crippen molar-refractivity contribution in [3.63, 3.8) is 0 Å². The maximum Gasteiger partial charge on any atom is 0.132 e. The Balaban J connectivity index is 1.43. The summed E-state index contributed by atoms with van der Waals surface area (Å²) in [6.45, 7) is 1.47. The predicted molar refractivity (Wildman–Crippen MR) is 121 cm³/mol. The Morgan fingerprint density at radius 2 is 1.93 bits per heavy atom. The lowest BCUT2D eigenvalue weighted by atomic mass is 10.00. The normalized spacial score (nSPS) is 16.7. The Labute approximate surface area is 179 Å². The number of hydrogen-bond acceptors (Lipinski definition) is 4. The summed E-state index contributed by atoms with van der Waals surface area (Å²) in [5.74, 6) is 0.404. The molecule has 1 fully saturated rings. The van der Waals surface area contributed by atoms with E-state index in [1.165, 1.54) is 31.7 Å². The summed E-state index contributed by atoms with van der Waals surface area (Å²) in [7, 11) is 0. The molecule has 5 rings (SSSR count). The van der Waals surface area contributed by atoms with Crippen molar-refractivity contribution in [2.45, 2.75) is 25.7 Å². The fourth-order valence-corrected chi connectivity index (χ4v) is 4.45. The van der Waals surface area contributed by atoms with E-state index in [9.17, 15) is 4.39 Å². The van der Waals surface area contributed by atoms with E-state index in [0.29, 0.717) is 22.8 Å². The van der Waals surface area contributed by atoms with Crippen LogP contribution in [0, 0.1) is 11.7 Å². The van der Waals surface area contributed by atoms with Crippen molar-refractivity contribution >= 4 is 39.6 Å². The van der Waals surface area contributed by atoms with Crippen LogP contribution in [0.5, 0.6) is 0 Å². The number of benzene rings is 1. The number of aromatic nitrogens is 2. The molecule has 2 aromatic heterocycles. The molecule has 0 amide bonds. The lowest BCUT2D eigenvalue weighted by Crippen LogP contribution is -2.11. The third-order valence-corrected chi connectivity index (χ3v) is 6.10. The van der Waals surface area contributed by atoms with Gasteiger partial charge in [-0.2, -0.15) is 0 Å². The van der Waals surface area contributed by atoms with E-state index in [4.69, 9.17) is 16.6 Å². The van der Waals surface area contributed by atoms with Gasteiger partial charge in [0, 0.05) is 22.7 Å². The van der Waals surface area contributed by atoms with Gasteiger partial charge in [-0.1, -0.05) is 30.5 Å². The van der Waals surface area contributed by atoms with Gasteiger partial charge in [0.15, 0.2) is 0 Å². The summed E-state index contributed by atoms with van der Waals surface area (Å²) in [6.07, 6.45) is 9.10. The molecule has 30 heavy (non-hydrogen) atoms. The Kier molecular flexibility index (Phi) is 5.21.